The van der Waals surface area contributed by atoms with Crippen LogP contribution < -0.4 is 0 Å². The highest BCUT2D eigenvalue weighted by molar-refractivity contribution is 9.14. The van der Waals surface area contributed by atoms with Crippen molar-refractivity contribution < 1.29 is 14.7 Å². The molecule has 5 heteroatoms. The van der Waals surface area contributed by atoms with E-state index >= 15 is 0 Å². The Balaban J connectivity index is 3.07. The summed E-state index contributed by atoms with van der Waals surface area (Å²) in [6.45, 7) is 0. The lowest BCUT2D eigenvalue weighted by Crippen LogP contribution is -2.04. The fourth-order valence-corrected chi connectivity index (χ4v) is 1.49. The standard InChI is InChI=1S/C10H6Br2O3/c11-7(8(12)10(14)15)9(13)6-4-2-1-3-5-6/h1-5H,(H,14,15)/b8-7-. The fourth-order valence-electron chi connectivity index (χ4n) is 0.910. The first-order valence-electron chi connectivity index (χ1n) is 3.92. The van der Waals surface area contributed by atoms with Crippen LogP contribution in [0, 0.1) is 0 Å². The van der Waals surface area contributed by atoms with Gasteiger partial charge >= 0.3 is 5.97 Å². The number of carbonyl (C=O) groups excluding carboxylic acids is 1. The predicted octanol–water partition coefficient (Wildman–Crippen LogP) is 2.96. The molecule has 0 fully saturated rings. The second-order valence-electron chi connectivity index (χ2n) is 2.63. The van der Waals surface area contributed by atoms with Gasteiger partial charge in [0.2, 0.25) is 5.78 Å². The maximum Gasteiger partial charge on any atom is 0.344 e. The van der Waals surface area contributed by atoms with Crippen LogP contribution in [-0.4, -0.2) is 16.9 Å². The zero-order valence-electron chi connectivity index (χ0n) is 7.41. The molecular formula is C10H6Br2O3. The van der Waals surface area contributed by atoms with Gasteiger partial charge in [0.15, 0.2) is 0 Å². The van der Waals surface area contributed by atoms with Crippen LogP contribution in [0.5, 0.6) is 0 Å². The van der Waals surface area contributed by atoms with Crippen molar-refractivity contribution in [2.75, 3.05) is 0 Å². The highest BCUT2D eigenvalue weighted by Gasteiger charge is 2.17. The number of carbonyl (C=O) groups is 2. The minimum absolute atomic E-state index is 0.00111. The van der Waals surface area contributed by atoms with E-state index in [0.717, 1.165) is 0 Å². The van der Waals surface area contributed by atoms with Crippen molar-refractivity contribution in [1.82, 2.24) is 0 Å². The molecule has 1 N–H and O–H groups in total. The molecule has 0 radical (unpaired) electrons. The predicted molar refractivity (Wildman–Crippen MR) is 63.3 cm³/mol. The number of allylic oxidation sites excluding steroid dienone is 1. The smallest absolute Gasteiger partial charge is 0.344 e. The SMILES string of the molecule is O=C(O)/C(Br)=C(/Br)C(=O)c1ccccc1. The molecule has 0 saturated carbocycles. The molecule has 0 saturated heterocycles. The number of rotatable bonds is 3. The van der Waals surface area contributed by atoms with E-state index in [1.54, 1.807) is 30.3 Å². The van der Waals surface area contributed by atoms with Gasteiger partial charge < -0.3 is 5.11 Å². The summed E-state index contributed by atoms with van der Waals surface area (Å²) in [5.74, 6) is -1.56. The number of aliphatic carboxylic acids is 1. The van der Waals surface area contributed by atoms with E-state index in [9.17, 15) is 9.59 Å². The first kappa shape index (κ1) is 12.1. The number of ketones is 1. The van der Waals surface area contributed by atoms with Crippen LogP contribution in [0.3, 0.4) is 0 Å². The Kier molecular flexibility index (Phi) is 4.23. The van der Waals surface area contributed by atoms with Crippen molar-refractivity contribution in [3.8, 4) is 0 Å². The van der Waals surface area contributed by atoms with E-state index in [4.69, 9.17) is 5.11 Å². The van der Waals surface area contributed by atoms with Crippen molar-refractivity contribution in [2.24, 2.45) is 0 Å². The van der Waals surface area contributed by atoms with Gasteiger partial charge in [-0.2, -0.15) is 0 Å². The number of hydrogen-bond acceptors (Lipinski definition) is 2. The highest BCUT2D eigenvalue weighted by Crippen LogP contribution is 2.22. The van der Waals surface area contributed by atoms with Gasteiger partial charge in [-0.25, -0.2) is 4.79 Å². The van der Waals surface area contributed by atoms with Gasteiger partial charge in [0.25, 0.3) is 0 Å². The number of carboxylic acid groups (broad SMARTS) is 1. The van der Waals surface area contributed by atoms with E-state index in [1.165, 1.54) is 0 Å². The summed E-state index contributed by atoms with van der Waals surface area (Å²) in [4.78, 5) is 22.3. The molecule has 15 heavy (non-hydrogen) atoms. The van der Waals surface area contributed by atoms with Crippen LogP contribution >= 0.6 is 31.9 Å². The molecule has 0 atom stereocenters. The van der Waals surface area contributed by atoms with Gasteiger partial charge in [0, 0.05) is 5.56 Å². The summed E-state index contributed by atoms with van der Waals surface area (Å²) < 4.78 is -0.183. The third kappa shape index (κ3) is 3.00. The normalized spacial score (nSPS) is 11.9. The van der Waals surface area contributed by atoms with E-state index < -0.39 is 5.97 Å². The summed E-state index contributed by atoms with van der Waals surface area (Å²) in [6.07, 6.45) is 0. The lowest BCUT2D eigenvalue weighted by molar-refractivity contribution is -0.131. The van der Waals surface area contributed by atoms with Gasteiger partial charge in [-0.05, 0) is 31.9 Å². The minimum atomic E-state index is -1.19. The van der Waals surface area contributed by atoms with Crippen LogP contribution in [0.1, 0.15) is 10.4 Å². The zero-order valence-corrected chi connectivity index (χ0v) is 10.6. The lowest BCUT2D eigenvalue weighted by atomic mass is 10.1. The maximum atomic E-state index is 11.7. The summed E-state index contributed by atoms with van der Waals surface area (Å²) in [7, 11) is 0. The summed E-state index contributed by atoms with van der Waals surface area (Å²) in [5.41, 5.74) is 0.433. The zero-order chi connectivity index (χ0) is 11.4. The molecule has 0 aliphatic carbocycles. The second kappa shape index (κ2) is 5.23. The van der Waals surface area contributed by atoms with E-state index in [0.29, 0.717) is 5.56 Å². The van der Waals surface area contributed by atoms with Crippen LogP contribution in [0.4, 0.5) is 0 Å². The molecule has 78 valence electrons. The van der Waals surface area contributed by atoms with Crippen LogP contribution in [-0.2, 0) is 4.79 Å². The average Bonchev–Trinajstić information content (AvgIpc) is 2.27. The van der Waals surface area contributed by atoms with Crippen molar-refractivity contribution in [3.63, 3.8) is 0 Å². The topological polar surface area (TPSA) is 54.4 Å². The van der Waals surface area contributed by atoms with Crippen molar-refractivity contribution in [3.05, 3.63) is 44.9 Å². The number of carboxylic acids is 1. The Morgan fingerprint density at radius 2 is 1.53 bits per heavy atom. The Labute approximate surface area is 103 Å². The van der Waals surface area contributed by atoms with Crippen LogP contribution in [0.25, 0.3) is 0 Å². The molecule has 0 heterocycles. The Morgan fingerprint density at radius 1 is 1.00 bits per heavy atom. The maximum absolute atomic E-state index is 11.7. The number of hydrogen-bond donors (Lipinski definition) is 1. The monoisotopic (exact) mass is 332 g/mol. The first-order valence-corrected chi connectivity index (χ1v) is 5.51. The highest BCUT2D eigenvalue weighted by atomic mass is 79.9. The van der Waals surface area contributed by atoms with Crippen molar-refractivity contribution in [1.29, 1.82) is 0 Å². The third-order valence-corrected chi connectivity index (χ3v) is 3.64. The molecule has 0 spiro atoms. The summed E-state index contributed by atoms with van der Waals surface area (Å²) in [5, 5.41) is 8.66. The second-order valence-corrected chi connectivity index (χ2v) is 4.21. The first-order chi connectivity index (χ1) is 7.04. The molecule has 0 aliphatic rings. The van der Waals surface area contributed by atoms with Crippen LogP contribution in [0.2, 0.25) is 0 Å². The van der Waals surface area contributed by atoms with E-state index in [-0.39, 0.29) is 14.7 Å². The Morgan fingerprint density at radius 3 is 2.00 bits per heavy atom. The quantitative estimate of drug-likeness (QED) is 0.683. The summed E-state index contributed by atoms with van der Waals surface area (Å²) in [6, 6.07) is 8.43. The minimum Gasteiger partial charge on any atom is -0.477 e. The Hall–Kier alpha value is -0.940. The molecule has 3 nitrogen and oxygen atoms in total. The number of benzene rings is 1. The molecule has 1 aromatic rings. The lowest BCUT2D eigenvalue weighted by Gasteiger charge is -2.00. The molecule has 0 unspecified atom stereocenters. The van der Waals surface area contributed by atoms with E-state index in [2.05, 4.69) is 31.9 Å². The Bertz CT molecular complexity index is 424. The molecule has 0 bridgehead atoms. The summed E-state index contributed by atoms with van der Waals surface area (Å²) >= 11 is 5.77. The molecule has 0 amide bonds. The van der Waals surface area contributed by atoms with Gasteiger partial charge in [-0.3, -0.25) is 4.79 Å². The van der Waals surface area contributed by atoms with Crippen LogP contribution in [0.15, 0.2) is 39.3 Å². The van der Waals surface area contributed by atoms with Gasteiger partial charge in [-0.15, -0.1) is 0 Å². The van der Waals surface area contributed by atoms with Gasteiger partial charge in [-0.1, -0.05) is 30.3 Å². The molecule has 1 aromatic carbocycles. The van der Waals surface area contributed by atoms with Gasteiger partial charge in [0.1, 0.15) is 4.48 Å². The molecule has 1 rings (SSSR count). The molecular weight excluding hydrogens is 328 g/mol. The van der Waals surface area contributed by atoms with Crippen molar-refractivity contribution >= 4 is 43.6 Å². The fraction of sp³-hybridized carbons (Fsp3) is 0. The van der Waals surface area contributed by atoms with E-state index in [1.807, 2.05) is 0 Å². The largest absolute Gasteiger partial charge is 0.477 e. The number of halogens is 2. The van der Waals surface area contributed by atoms with Gasteiger partial charge in [0.05, 0.1) is 4.48 Å². The third-order valence-electron chi connectivity index (χ3n) is 1.62. The molecule has 0 aliphatic heterocycles. The molecule has 0 aromatic heterocycles. The van der Waals surface area contributed by atoms with Crippen molar-refractivity contribution in [2.45, 2.75) is 0 Å². The average molecular weight is 334 g/mol. The number of Topliss-reactive ketones (excluding diaryl/α,β-unsaturated/α-hetero) is 1.